The van der Waals surface area contributed by atoms with Crippen LogP contribution in [0.5, 0.6) is 5.75 Å². The van der Waals surface area contributed by atoms with Crippen LogP contribution in [0, 0.1) is 11.3 Å². The minimum Gasteiger partial charge on any atom is -0.491 e. The Morgan fingerprint density at radius 3 is 2.25 bits per heavy atom. The van der Waals surface area contributed by atoms with Crippen LogP contribution in [0.15, 0.2) is 48.5 Å². The van der Waals surface area contributed by atoms with Crippen molar-refractivity contribution >= 4 is 18.3 Å². The third-order valence-electron chi connectivity index (χ3n) is 5.51. The number of hydroxylamine groups is 2. The maximum Gasteiger partial charge on any atom is 0.324 e. The van der Waals surface area contributed by atoms with Crippen LogP contribution in [0.2, 0.25) is 0 Å². The number of hydrogen-bond donors (Lipinski definition) is 2. The lowest BCUT2D eigenvalue weighted by atomic mass is 10.0. The van der Waals surface area contributed by atoms with E-state index < -0.39 is 23.5 Å². The zero-order valence-electron chi connectivity index (χ0n) is 17.8. The van der Waals surface area contributed by atoms with Crippen LogP contribution in [0.3, 0.4) is 0 Å². The van der Waals surface area contributed by atoms with Gasteiger partial charge in [-0.3, -0.25) is 20.1 Å². The standard InChI is InChI=1S/C23H24N4O5/c1-23(2)21(29)25-22(30)26(23)12-11-19(27(31)15-28)14-32-20-9-7-18(8-10-20)17-5-3-16(13-24)4-6-17/h3-10,15,19,31H,11-12,14H2,1-2H3,(H,25,29,30)/t19-/m1/s1. The third kappa shape index (κ3) is 4.87. The maximum atomic E-state index is 12.0. The molecule has 1 atom stereocenters. The van der Waals surface area contributed by atoms with Gasteiger partial charge < -0.3 is 9.64 Å². The van der Waals surface area contributed by atoms with Crippen LogP contribution >= 0.6 is 0 Å². The van der Waals surface area contributed by atoms with E-state index >= 15 is 0 Å². The molecule has 0 aliphatic carbocycles. The van der Waals surface area contributed by atoms with Crippen molar-refractivity contribution in [2.75, 3.05) is 13.2 Å². The summed E-state index contributed by atoms with van der Waals surface area (Å²) >= 11 is 0. The summed E-state index contributed by atoms with van der Waals surface area (Å²) in [5.41, 5.74) is 1.48. The average Bonchev–Trinajstić information content (AvgIpc) is 3.00. The molecule has 0 bridgehead atoms. The number of urea groups is 1. The number of ether oxygens (including phenoxy) is 1. The Morgan fingerprint density at radius 2 is 1.75 bits per heavy atom. The Hall–Kier alpha value is -3.90. The second-order valence-corrected chi connectivity index (χ2v) is 7.92. The van der Waals surface area contributed by atoms with Gasteiger partial charge in [-0.1, -0.05) is 24.3 Å². The number of carbonyl (C=O) groups is 3. The SMILES string of the molecule is CC1(C)C(=O)NC(=O)N1CC[C@H](COc1ccc(-c2ccc(C#N)cc2)cc1)N(O)C=O. The van der Waals surface area contributed by atoms with E-state index in [9.17, 15) is 19.6 Å². The fourth-order valence-corrected chi connectivity index (χ4v) is 3.40. The van der Waals surface area contributed by atoms with Crippen molar-refractivity contribution in [3.05, 3.63) is 54.1 Å². The zero-order chi connectivity index (χ0) is 23.3. The van der Waals surface area contributed by atoms with Crippen molar-refractivity contribution in [2.45, 2.75) is 31.8 Å². The third-order valence-corrected chi connectivity index (χ3v) is 5.51. The molecule has 0 aromatic heterocycles. The summed E-state index contributed by atoms with van der Waals surface area (Å²) in [7, 11) is 0. The highest BCUT2D eigenvalue weighted by Crippen LogP contribution is 2.24. The van der Waals surface area contributed by atoms with Gasteiger partial charge in [0, 0.05) is 6.54 Å². The number of benzene rings is 2. The van der Waals surface area contributed by atoms with E-state index in [1.54, 1.807) is 38.1 Å². The number of hydrogen-bond acceptors (Lipinski definition) is 6. The van der Waals surface area contributed by atoms with Gasteiger partial charge in [0.1, 0.15) is 17.9 Å². The lowest BCUT2D eigenvalue weighted by Gasteiger charge is -2.30. The van der Waals surface area contributed by atoms with Gasteiger partial charge in [-0.2, -0.15) is 5.26 Å². The van der Waals surface area contributed by atoms with Crippen molar-refractivity contribution in [1.29, 1.82) is 5.26 Å². The number of rotatable bonds is 9. The molecule has 0 radical (unpaired) electrons. The van der Waals surface area contributed by atoms with Crippen LogP contribution in [0.4, 0.5) is 4.79 Å². The van der Waals surface area contributed by atoms with Crippen LogP contribution in [-0.2, 0) is 9.59 Å². The number of carbonyl (C=O) groups excluding carboxylic acids is 3. The fraction of sp³-hybridized carbons (Fsp3) is 0.304. The van der Waals surface area contributed by atoms with Gasteiger partial charge in [0.05, 0.1) is 17.7 Å². The summed E-state index contributed by atoms with van der Waals surface area (Å²) in [6.07, 6.45) is 0.491. The molecule has 1 aliphatic heterocycles. The Bertz CT molecular complexity index is 1030. The van der Waals surface area contributed by atoms with E-state index in [4.69, 9.17) is 10.00 Å². The van der Waals surface area contributed by atoms with Gasteiger partial charge in [-0.15, -0.1) is 0 Å². The number of nitrogens with zero attached hydrogens (tertiary/aromatic N) is 3. The highest BCUT2D eigenvalue weighted by Gasteiger charge is 2.45. The van der Waals surface area contributed by atoms with Crippen LogP contribution in [0.25, 0.3) is 11.1 Å². The van der Waals surface area contributed by atoms with Crippen molar-refractivity contribution in [3.63, 3.8) is 0 Å². The summed E-state index contributed by atoms with van der Waals surface area (Å²) in [6.45, 7) is 3.41. The lowest BCUT2D eigenvalue weighted by Crippen LogP contribution is -2.47. The zero-order valence-corrected chi connectivity index (χ0v) is 17.8. The fourth-order valence-electron chi connectivity index (χ4n) is 3.40. The molecule has 166 valence electrons. The van der Waals surface area contributed by atoms with Crippen LogP contribution in [-0.4, -0.2) is 58.3 Å². The van der Waals surface area contributed by atoms with E-state index in [-0.39, 0.29) is 26.0 Å². The average molecular weight is 436 g/mol. The highest BCUT2D eigenvalue weighted by atomic mass is 16.5. The summed E-state index contributed by atoms with van der Waals surface area (Å²) in [4.78, 5) is 36.4. The molecule has 0 spiro atoms. The Morgan fingerprint density at radius 1 is 1.16 bits per heavy atom. The normalized spacial score (nSPS) is 15.6. The van der Waals surface area contributed by atoms with E-state index in [1.165, 1.54) is 4.90 Å². The van der Waals surface area contributed by atoms with Gasteiger partial charge in [0.15, 0.2) is 0 Å². The topological polar surface area (TPSA) is 123 Å². The Kier molecular flexibility index (Phi) is 6.76. The van der Waals surface area contributed by atoms with Crippen molar-refractivity contribution in [3.8, 4) is 22.9 Å². The molecular weight excluding hydrogens is 412 g/mol. The van der Waals surface area contributed by atoms with Gasteiger partial charge in [-0.05, 0) is 55.7 Å². The molecule has 9 heteroatoms. The minimum atomic E-state index is -1.01. The van der Waals surface area contributed by atoms with E-state index in [0.717, 1.165) is 11.1 Å². The molecule has 0 saturated carbocycles. The predicted octanol–water partition coefficient (Wildman–Crippen LogP) is 2.54. The molecule has 32 heavy (non-hydrogen) atoms. The minimum absolute atomic E-state index is 0.00468. The van der Waals surface area contributed by atoms with Gasteiger partial charge in [0.25, 0.3) is 5.91 Å². The van der Waals surface area contributed by atoms with Gasteiger partial charge in [0.2, 0.25) is 6.41 Å². The van der Waals surface area contributed by atoms with E-state index in [0.29, 0.717) is 16.4 Å². The van der Waals surface area contributed by atoms with Gasteiger partial charge in [-0.25, -0.2) is 9.86 Å². The number of imide groups is 1. The van der Waals surface area contributed by atoms with Gasteiger partial charge >= 0.3 is 6.03 Å². The van der Waals surface area contributed by atoms with Crippen molar-refractivity contribution < 1.29 is 24.3 Å². The van der Waals surface area contributed by atoms with E-state index in [1.807, 2.05) is 24.3 Å². The first-order chi connectivity index (χ1) is 15.3. The number of nitriles is 1. The molecule has 2 aromatic carbocycles. The molecular formula is C23H24N4O5. The van der Waals surface area contributed by atoms with Crippen LogP contribution in [0.1, 0.15) is 25.8 Å². The summed E-state index contributed by atoms with van der Waals surface area (Å²) in [6, 6.07) is 15.3. The molecule has 0 unspecified atom stereocenters. The second-order valence-electron chi connectivity index (χ2n) is 7.92. The number of amides is 4. The number of nitrogens with one attached hydrogen (secondary N) is 1. The molecule has 1 heterocycles. The van der Waals surface area contributed by atoms with Crippen molar-refractivity contribution in [1.82, 2.24) is 15.3 Å². The smallest absolute Gasteiger partial charge is 0.324 e. The molecule has 1 fully saturated rings. The Labute approximate surface area is 185 Å². The quantitative estimate of drug-likeness (QED) is 0.270. The summed E-state index contributed by atoms with van der Waals surface area (Å²) in [5.74, 6) is 0.148. The molecule has 1 aliphatic rings. The second kappa shape index (κ2) is 9.49. The first-order valence-corrected chi connectivity index (χ1v) is 10.0. The maximum absolute atomic E-state index is 12.0. The van der Waals surface area contributed by atoms with Crippen LogP contribution < -0.4 is 10.1 Å². The largest absolute Gasteiger partial charge is 0.491 e. The molecule has 4 amide bonds. The predicted molar refractivity (Wildman–Crippen MR) is 115 cm³/mol. The first kappa shape index (κ1) is 22.8. The molecule has 1 saturated heterocycles. The lowest BCUT2D eigenvalue weighted by molar-refractivity contribution is -0.164. The molecule has 2 aromatic rings. The highest BCUT2D eigenvalue weighted by molar-refractivity contribution is 6.06. The molecule has 3 rings (SSSR count). The Balaban J connectivity index is 1.61. The van der Waals surface area contributed by atoms with Crippen molar-refractivity contribution in [2.24, 2.45) is 0 Å². The first-order valence-electron chi connectivity index (χ1n) is 10.0. The van der Waals surface area contributed by atoms with E-state index in [2.05, 4.69) is 11.4 Å². The molecule has 2 N–H and O–H groups in total. The summed E-state index contributed by atoms with van der Waals surface area (Å²) < 4.78 is 5.74. The molecule has 9 nitrogen and oxygen atoms in total. The monoisotopic (exact) mass is 436 g/mol. The summed E-state index contributed by atoms with van der Waals surface area (Å²) in [5, 5.41) is 21.6.